The SMILES string of the molecule is OB(O)O.[H-].[H-].[Mg+2].[Mn]. The molecule has 0 saturated heterocycles. The van der Waals surface area contributed by atoms with Gasteiger partial charge in [0, 0.05) is 17.1 Å². The molecule has 0 bridgehead atoms. The van der Waals surface area contributed by atoms with Crippen LogP contribution in [0.4, 0.5) is 0 Å². The summed E-state index contributed by atoms with van der Waals surface area (Å²) in [7, 11) is -2.17. The van der Waals surface area contributed by atoms with Crippen LogP contribution in [0, 0.1) is 0 Å². The first kappa shape index (κ1) is 15.7. The summed E-state index contributed by atoms with van der Waals surface area (Å²) >= 11 is 0. The van der Waals surface area contributed by atoms with Crippen molar-refractivity contribution in [2.75, 3.05) is 0 Å². The second-order valence-corrected chi connectivity index (χ2v) is 0.346. The average molecular weight is 143 g/mol. The van der Waals surface area contributed by atoms with E-state index in [1.807, 2.05) is 0 Å². The topological polar surface area (TPSA) is 60.7 Å². The van der Waals surface area contributed by atoms with Gasteiger partial charge in [-0.1, -0.05) is 0 Å². The van der Waals surface area contributed by atoms with Gasteiger partial charge in [0.25, 0.3) is 0 Å². The van der Waals surface area contributed by atoms with Gasteiger partial charge in [-0.15, -0.1) is 0 Å². The van der Waals surface area contributed by atoms with Gasteiger partial charge >= 0.3 is 30.4 Å². The maximum Gasteiger partial charge on any atom is 2.00 e. The Morgan fingerprint density at radius 2 is 1.17 bits per heavy atom. The van der Waals surface area contributed by atoms with Crippen molar-refractivity contribution in [1.82, 2.24) is 0 Å². The Balaban J connectivity index is -0.00000000750. The fourth-order valence-electron chi connectivity index (χ4n) is 0. The molecule has 0 unspecified atom stereocenters. The fraction of sp³-hybridized carbons (Fsp3) is 0. The molecule has 6 heteroatoms. The van der Waals surface area contributed by atoms with Crippen LogP contribution in [-0.4, -0.2) is 45.4 Å². The van der Waals surface area contributed by atoms with E-state index in [-0.39, 0.29) is 43.0 Å². The minimum Gasteiger partial charge on any atom is -1.00 e. The zero-order valence-electron chi connectivity index (χ0n) is 5.00. The summed E-state index contributed by atoms with van der Waals surface area (Å²) in [6.45, 7) is 0. The van der Waals surface area contributed by atoms with E-state index in [9.17, 15) is 0 Å². The summed E-state index contributed by atoms with van der Waals surface area (Å²) in [5.41, 5.74) is 0. The Morgan fingerprint density at radius 1 is 1.17 bits per heavy atom. The Hall–Kier alpha value is 1.23. The first-order valence-corrected chi connectivity index (χ1v) is 0.775. The van der Waals surface area contributed by atoms with Crippen molar-refractivity contribution in [3.63, 3.8) is 0 Å². The van der Waals surface area contributed by atoms with E-state index < -0.39 is 7.32 Å². The number of hydrogen-bond acceptors (Lipinski definition) is 3. The normalized spacial score (nSPS) is 4.50. The van der Waals surface area contributed by atoms with E-state index in [1.165, 1.54) is 0 Å². The van der Waals surface area contributed by atoms with Crippen LogP contribution in [-0.2, 0) is 17.1 Å². The molecule has 3 N–H and O–H groups in total. The van der Waals surface area contributed by atoms with Crippen molar-refractivity contribution >= 4 is 30.4 Å². The molecule has 0 aromatic carbocycles. The third kappa shape index (κ3) is 61.8. The van der Waals surface area contributed by atoms with Crippen LogP contribution in [0.15, 0.2) is 0 Å². The molecule has 0 aromatic rings. The molecule has 35 valence electrons. The molecule has 0 saturated carbocycles. The van der Waals surface area contributed by atoms with Crippen molar-refractivity contribution in [2.45, 2.75) is 0 Å². The largest absolute Gasteiger partial charge is 2.00 e. The molecule has 0 amide bonds. The summed E-state index contributed by atoms with van der Waals surface area (Å²) < 4.78 is 0. The second-order valence-electron chi connectivity index (χ2n) is 0.346. The van der Waals surface area contributed by atoms with Crippen LogP contribution in [0.5, 0.6) is 0 Å². The van der Waals surface area contributed by atoms with Gasteiger partial charge in [0.15, 0.2) is 0 Å². The summed E-state index contributed by atoms with van der Waals surface area (Å²) in [4.78, 5) is 0. The zero-order valence-corrected chi connectivity index (χ0v) is 5.60. The molecule has 0 aliphatic carbocycles. The molecule has 0 fully saturated rings. The van der Waals surface area contributed by atoms with Gasteiger partial charge in [0.05, 0.1) is 0 Å². The maximum atomic E-state index is 7.17. The minimum atomic E-state index is -2.17. The predicted molar refractivity (Wildman–Crippen MR) is 20.4 cm³/mol. The summed E-state index contributed by atoms with van der Waals surface area (Å²) in [5.74, 6) is 0. The smallest absolute Gasteiger partial charge is 1.00 e. The molecular weight excluding hydrogens is 138 g/mol. The average Bonchev–Trinajstić information content (AvgIpc) is 0.811. The first-order valence-electron chi connectivity index (χ1n) is 0.775. The van der Waals surface area contributed by atoms with E-state index in [1.54, 1.807) is 0 Å². The number of rotatable bonds is 0. The van der Waals surface area contributed by atoms with E-state index in [4.69, 9.17) is 15.1 Å². The summed E-state index contributed by atoms with van der Waals surface area (Å²) in [6, 6.07) is 0. The minimum absolute atomic E-state index is 0. The first-order chi connectivity index (χ1) is 1.73. The van der Waals surface area contributed by atoms with E-state index >= 15 is 0 Å². The standard InChI is InChI=1S/BH3O3.Mg.Mn.2H/c2-1(3)4;;;;/h2-4H;;;;/q;+2;;2*-1. The summed E-state index contributed by atoms with van der Waals surface area (Å²) in [5, 5.41) is 21.5. The van der Waals surface area contributed by atoms with Crippen LogP contribution >= 0.6 is 0 Å². The van der Waals surface area contributed by atoms with Gasteiger partial charge in [-0.2, -0.15) is 0 Å². The van der Waals surface area contributed by atoms with Crippen molar-refractivity contribution in [3.05, 3.63) is 0 Å². The molecule has 0 aliphatic rings. The monoisotopic (exact) mass is 143 g/mol. The van der Waals surface area contributed by atoms with Crippen LogP contribution in [0.2, 0.25) is 0 Å². The van der Waals surface area contributed by atoms with Gasteiger partial charge in [0.2, 0.25) is 0 Å². The predicted octanol–water partition coefficient (Wildman–Crippen LogP) is -2.21. The van der Waals surface area contributed by atoms with Gasteiger partial charge < -0.3 is 17.9 Å². The van der Waals surface area contributed by atoms with Crippen LogP contribution in [0.25, 0.3) is 0 Å². The molecule has 0 aromatic heterocycles. The van der Waals surface area contributed by atoms with Gasteiger partial charge in [-0.3, -0.25) is 0 Å². The van der Waals surface area contributed by atoms with Crippen LogP contribution in [0.1, 0.15) is 2.85 Å². The van der Waals surface area contributed by atoms with Gasteiger partial charge in [-0.05, 0) is 0 Å². The van der Waals surface area contributed by atoms with Crippen molar-refractivity contribution in [2.24, 2.45) is 0 Å². The Bertz CT molecular complexity index is 22.0. The molecule has 0 atom stereocenters. The third-order valence-electron chi connectivity index (χ3n) is 0. The van der Waals surface area contributed by atoms with E-state index in [0.717, 1.165) is 0 Å². The third-order valence-corrected chi connectivity index (χ3v) is 0. The maximum absolute atomic E-state index is 7.17. The molecule has 3 nitrogen and oxygen atoms in total. The summed E-state index contributed by atoms with van der Waals surface area (Å²) in [6.07, 6.45) is 0. The Kier molecular flexibility index (Phi) is 24.9. The molecule has 6 heavy (non-hydrogen) atoms. The van der Waals surface area contributed by atoms with Crippen LogP contribution < -0.4 is 0 Å². The van der Waals surface area contributed by atoms with E-state index in [0.29, 0.717) is 0 Å². The fourth-order valence-corrected chi connectivity index (χ4v) is 0. The zero-order chi connectivity index (χ0) is 3.58. The Morgan fingerprint density at radius 3 is 1.17 bits per heavy atom. The quantitative estimate of drug-likeness (QED) is 0.337. The Labute approximate surface area is 65.5 Å². The second kappa shape index (κ2) is 9.52. The molecule has 0 heterocycles. The molecule has 0 aliphatic heterocycles. The molecule has 1 radical (unpaired) electrons. The molecule has 0 rings (SSSR count). The van der Waals surface area contributed by atoms with Crippen molar-refractivity contribution < 1.29 is 35.0 Å². The van der Waals surface area contributed by atoms with Crippen molar-refractivity contribution in [3.8, 4) is 0 Å². The van der Waals surface area contributed by atoms with Gasteiger partial charge in [-0.25, -0.2) is 0 Å². The number of hydrogen-bond donors (Lipinski definition) is 3. The molecular formula is H5BMgMnO3. The van der Waals surface area contributed by atoms with Crippen LogP contribution in [0.3, 0.4) is 0 Å². The van der Waals surface area contributed by atoms with Crippen molar-refractivity contribution in [1.29, 1.82) is 0 Å². The van der Waals surface area contributed by atoms with E-state index in [2.05, 4.69) is 0 Å². The van der Waals surface area contributed by atoms with Gasteiger partial charge in [0.1, 0.15) is 0 Å². The molecule has 0 spiro atoms.